The summed E-state index contributed by atoms with van der Waals surface area (Å²) in [6.45, 7) is 2.97. The summed E-state index contributed by atoms with van der Waals surface area (Å²) in [4.78, 5) is 0. The zero-order valence-electron chi connectivity index (χ0n) is 10.9. The van der Waals surface area contributed by atoms with E-state index in [1.165, 1.54) is 18.9 Å². The van der Waals surface area contributed by atoms with Crippen molar-refractivity contribution in [1.82, 2.24) is 5.32 Å². The van der Waals surface area contributed by atoms with Gasteiger partial charge in [0.1, 0.15) is 5.82 Å². The topological polar surface area (TPSA) is 12.0 Å². The van der Waals surface area contributed by atoms with Crippen LogP contribution in [0.1, 0.15) is 38.2 Å². The van der Waals surface area contributed by atoms with Crippen molar-refractivity contribution in [2.45, 2.75) is 44.7 Å². The first-order valence-electron chi connectivity index (χ1n) is 6.69. The number of hydrogen-bond acceptors (Lipinski definition) is 1. The van der Waals surface area contributed by atoms with Crippen LogP contribution in [0, 0.1) is 11.7 Å². The molecule has 1 nitrogen and oxygen atoms in total. The zero-order chi connectivity index (χ0) is 13.0. The molecule has 1 N–H and O–H groups in total. The summed E-state index contributed by atoms with van der Waals surface area (Å²) < 4.78 is 13.1. The molecule has 1 fully saturated rings. The highest BCUT2D eigenvalue weighted by molar-refractivity contribution is 6.18. The van der Waals surface area contributed by atoms with Crippen molar-refractivity contribution in [2.24, 2.45) is 5.92 Å². The monoisotopic (exact) mass is 269 g/mol. The minimum atomic E-state index is -0.175. The standard InChI is InChI=1S/C15H21ClFN/c1-12-4-3-7-15(9-12,11-16)18-10-13-5-2-6-14(17)8-13/h2,5-6,8,12,18H,3-4,7,9-11H2,1H3. The van der Waals surface area contributed by atoms with E-state index in [1.54, 1.807) is 12.1 Å². The van der Waals surface area contributed by atoms with Crippen molar-refractivity contribution in [3.8, 4) is 0 Å². The first-order valence-corrected chi connectivity index (χ1v) is 7.22. The van der Waals surface area contributed by atoms with Crippen LogP contribution in [-0.2, 0) is 6.54 Å². The minimum Gasteiger partial charge on any atom is -0.306 e. The molecular formula is C15H21ClFN. The van der Waals surface area contributed by atoms with Crippen molar-refractivity contribution in [3.05, 3.63) is 35.6 Å². The summed E-state index contributed by atoms with van der Waals surface area (Å²) in [5.41, 5.74) is 1.02. The second kappa shape index (κ2) is 6.03. The van der Waals surface area contributed by atoms with Crippen LogP contribution in [0.25, 0.3) is 0 Å². The van der Waals surface area contributed by atoms with Gasteiger partial charge in [0.2, 0.25) is 0 Å². The summed E-state index contributed by atoms with van der Waals surface area (Å²) in [6, 6.07) is 6.76. The third-order valence-electron chi connectivity index (χ3n) is 3.90. The van der Waals surface area contributed by atoms with Gasteiger partial charge in [0.05, 0.1) is 0 Å². The Morgan fingerprint density at radius 3 is 3.00 bits per heavy atom. The molecule has 3 heteroatoms. The highest BCUT2D eigenvalue weighted by Crippen LogP contribution is 2.33. The van der Waals surface area contributed by atoms with Gasteiger partial charge in [0, 0.05) is 18.0 Å². The maximum atomic E-state index is 13.1. The molecule has 0 saturated heterocycles. The predicted octanol–water partition coefficient (Wildman–Crippen LogP) is 4.10. The fourth-order valence-electron chi connectivity index (χ4n) is 2.93. The van der Waals surface area contributed by atoms with Crippen molar-refractivity contribution < 1.29 is 4.39 Å². The Balaban J connectivity index is 1.98. The molecule has 0 bridgehead atoms. The van der Waals surface area contributed by atoms with Crippen LogP contribution in [0.3, 0.4) is 0 Å². The van der Waals surface area contributed by atoms with E-state index in [2.05, 4.69) is 12.2 Å². The molecule has 1 aromatic carbocycles. The number of halogens is 2. The molecule has 2 unspecified atom stereocenters. The Bertz CT molecular complexity index is 396. The lowest BCUT2D eigenvalue weighted by molar-refractivity contribution is 0.207. The van der Waals surface area contributed by atoms with E-state index in [-0.39, 0.29) is 11.4 Å². The van der Waals surface area contributed by atoms with E-state index in [0.717, 1.165) is 24.3 Å². The lowest BCUT2D eigenvalue weighted by atomic mass is 9.77. The van der Waals surface area contributed by atoms with Crippen molar-refractivity contribution in [3.63, 3.8) is 0 Å². The molecule has 0 aliphatic heterocycles. The van der Waals surface area contributed by atoms with E-state index in [4.69, 9.17) is 11.6 Å². The zero-order valence-corrected chi connectivity index (χ0v) is 11.6. The molecule has 0 amide bonds. The van der Waals surface area contributed by atoms with E-state index < -0.39 is 0 Å². The molecule has 18 heavy (non-hydrogen) atoms. The maximum absolute atomic E-state index is 13.1. The van der Waals surface area contributed by atoms with E-state index in [0.29, 0.717) is 12.4 Å². The Kier molecular flexibility index (Phi) is 4.63. The quantitative estimate of drug-likeness (QED) is 0.812. The Morgan fingerprint density at radius 1 is 1.50 bits per heavy atom. The fraction of sp³-hybridized carbons (Fsp3) is 0.600. The summed E-state index contributed by atoms with van der Waals surface area (Å²) in [5, 5.41) is 3.56. The van der Waals surface area contributed by atoms with Crippen molar-refractivity contribution in [1.29, 1.82) is 0 Å². The number of alkyl halides is 1. The molecule has 0 heterocycles. The van der Waals surface area contributed by atoms with Gasteiger partial charge in [-0.2, -0.15) is 0 Å². The maximum Gasteiger partial charge on any atom is 0.123 e. The van der Waals surface area contributed by atoms with Gasteiger partial charge in [0.25, 0.3) is 0 Å². The van der Waals surface area contributed by atoms with Gasteiger partial charge in [-0.1, -0.05) is 31.9 Å². The van der Waals surface area contributed by atoms with Gasteiger partial charge < -0.3 is 5.32 Å². The molecule has 2 atom stereocenters. The first kappa shape index (κ1) is 13.8. The SMILES string of the molecule is CC1CCCC(CCl)(NCc2cccc(F)c2)C1. The smallest absolute Gasteiger partial charge is 0.123 e. The van der Waals surface area contributed by atoms with Gasteiger partial charge in [0.15, 0.2) is 0 Å². The fourth-order valence-corrected chi connectivity index (χ4v) is 3.26. The van der Waals surface area contributed by atoms with Crippen LogP contribution >= 0.6 is 11.6 Å². The molecule has 1 aliphatic carbocycles. The second-order valence-corrected chi connectivity index (χ2v) is 5.87. The average molecular weight is 270 g/mol. The highest BCUT2D eigenvalue weighted by atomic mass is 35.5. The minimum absolute atomic E-state index is 0.0333. The molecule has 0 spiro atoms. The summed E-state index contributed by atoms with van der Waals surface area (Å²) >= 11 is 6.16. The molecule has 0 aromatic heterocycles. The lowest BCUT2D eigenvalue weighted by Gasteiger charge is -2.39. The predicted molar refractivity (Wildman–Crippen MR) is 74.3 cm³/mol. The summed E-state index contributed by atoms with van der Waals surface area (Å²) in [5.74, 6) is 1.18. The van der Waals surface area contributed by atoms with Gasteiger partial charge in [-0.3, -0.25) is 0 Å². The molecular weight excluding hydrogens is 249 g/mol. The van der Waals surface area contributed by atoms with Gasteiger partial charge in [-0.25, -0.2) is 4.39 Å². The van der Waals surface area contributed by atoms with Gasteiger partial charge in [-0.15, -0.1) is 11.6 Å². The number of hydrogen-bond donors (Lipinski definition) is 1. The van der Waals surface area contributed by atoms with E-state index >= 15 is 0 Å². The van der Waals surface area contributed by atoms with Crippen molar-refractivity contribution >= 4 is 11.6 Å². The molecule has 0 radical (unpaired) electrons. The Labute approximate surface area is 114 Å². The van der Waals surface area contributed by atoms with Crippen LogP contribution in [-0.4, -0.2) is 11.4 Å². The van der Waals surface area contributed by atoms with Crippen molar-refractivity contribution in [2.75, 3.05) is 5.88 Å². The van der Waals surface area contributed by atoms with E-state index in [9.17, 15) is 4.39 Å². The third-order valence-corrected chi connectivity index (χ3v) is 4.42. The number of benzene rings is 1. The Morgan fingerprint density at radius 2 is 2.33 bits per heavy atom. The molecule has 2 rings (SSSR count). The third kappa shape index (κ3) is 3.46. The summed E-state index contributed by atoms with van der Waals surface area (Å²) in [6.07, 6.45) is 4.76. The molecule has 1 aliphatic rings. The molecule has 1 saturated carbocycles. The van der Waals surface area contributed by atoms with Crippen LogP contribution in [0.2, 0.25) is 0 Å². The highest BCUT2D eigenvalue weighted by Gasteiger charge is 2.33. The molecule has 100 valence electrons. The van der Waals surface area contributed by atoms with Crippen LogP contribution in [0.15, 0.2) is 24.3 Å². The second-order valence-electron chi connectivity index (χ2n) is 5.60. The average Bonchev–Trinajstić information content (AvgIpc) is 2.37. The number of rotatable bonds is 4. The normalized spacial score (nSPS) is 28.3. The van der Waals surface area contributed by atoms with Crippen LogP contribution < -0.4 is 5.32 Å². The van der Waals surface area contributed by atoms with Crippen LogP contribution in [0.5, 0.6) is 0 Å². The largest absolute Gasteiger partial charge is 0.306 e. The summed E-state index contributed by atoms with van der Waals surface area (Å²) in [7, 11) is 0. The van der Waals surface area contributed by atoms with E-state index in [1.807, 2.05) is 6.07 Å². The number of nitrogens with one attached hydrogen (secondary N) is 1. The molecule has 1 aromatic rings. The van der Waals surface area contributed by atoms with Gasteiger partial charge >= 0.3 is 0 Å². The Hall–Kier alpha value is -0.600. The van der Waals surface area contributed by atoms with Gasteiger partial charge in [-0.05, 0) is 36.5 Å². The van der Waals surface area contributed by atoms with Crippen LogP contribution in [0.4, 0.5) is 4.39 Å². The first-order chi connectivity index (χ1) is 8.63. The lowest BCUT2D eigenvalue weighted by Crippen LogP contribution is -2.49.